The Kier molecular flexibility index (Phi) is 4.43. The number of aromatic hydroxyl groups is 1. The van der Waals surface area contributed by atoms with Gasteiger partial charge in [-0.1, -0.05) is 6.07 Å². The molecule has 1 aliphatic heterocycles. The van der Waals surface area contributed by atoms with E-state index in [2.05, 4.69) is 5.32 Å². The van der Waals surface area contributed by atoms with E-state index in [4.69, 9.17) is 4.74 Å². The normalized spacial score (nSPS) is 16.6. The molecule has 19 heavy (non-hydrogen) atoms. The molecule has 1 amide bonds. The van der Waals surface area contributed by atoms with Crippen LogP contribution in [0.2, 0.25) is 0 Å². The first-order chi connectivity index (χ1) is 9.08. The van der Waals surface area contributed by atoms with Gasteiger partial charge in [-0.2, -0.15) is 0 Å². The van der Waals surface area contributed by atoms with Gasteiger partial charge < -0.3 is 15.2 Å². The summed E-state index contributed by atoms with van der Waals surface area (Å²) in [6, 6.07) is 5.29. The lowest BCUT2D eigenvalue weighted by Gasteiger charge is -2.23. The van der Waals surface area contributed by atoms with Crippen molar-refractivity contribution in [3.05, 3.63) is 29.3 Å². The van der Waals surface area contributed by atoms with Crippen LogP contribution in [0.15, 0.2) is 18.2 Å². The van der Waals surface area contributed by atoms with Crippen molar-refractivity contribution in [3.63, 3.8) is 0 Å². The van der Waals surface area contributed by atoms with Crippen LogP contribution in [0.3, 0.4) is 0 Å². The van der Waals surface area contributed by atoms with Crippen LogP contribution in [0.5, 0.6) is 5.75 Å². The molecule has 0 bridgehead atoms. The van der Waals surface area contributed by atoms with E-state index in [1.807, 2.05) is 19.9 Å². The highest BCUT2D eigenvalue weighted by Crippen LogP contribution is 2.33. The van der Waals surface area contributed by atoms with Gasteiger partial charge in [0.2, 0.25) is 0 Å². The molecule has 1 aromatic rings. The third kappa shape index (κ3) is 3.47. The first kappa shape index (κ1) is 13.9. The zero-order chi connectivity index (χ0) is 13.8. The number of nitrogens with one attached hydrogen (secondary N) is 1. The second-order valence-electron chi connectivity index (χ2n) is 5.29. The summed E-state index contributed by atoms with van der Waals surface area (Å²) in [4.78, 5) is 11.9. The van der Waals surface area contributed by atoms with Crippen molar-refractivity contribution in [2.75, 3.05) is 13.2 Å². The molecule has 0 radical (unpaired) electrons. The number of hydrogen-bond donors (Lipinski definition) is 2. The second kappa shape index (κ2) is 6.06. The molecular weight excluding hydrogens is 242 g/mol. The van der Waals surface area contributed by atoms with Crippen molar-refractivity contribution >= 4 is 5.91 Å². The number of phenolic OH excluding ortho intramolecular Hbond substituents is 1. The maximum absolute atomic E-state index is 11.9. The summed E-state index contributed by atoms with van der Waals surface area (Å²) in [5.74, 6) is 0.392. The molecule has 1 aliphatic rings. The highest BCUT2D eigenvalue weighted by atomic mass is 16.5. The minimum absolute atomic E-state index is 0.0878. The zero-order valence-electron chi connectivity index (χ0n) is 11.5. The molecule has 1 heterocycles. The molecule has 2 N–H and O–H groups in total. The maximum atomic E-state index is 11.9. The Hall–Kier alpha value is -1.55. The smallest absolute Gasteiger partial charge is 0.251 e. The van der Waals surface area contributed by atoms with Crippen LogP contribution >= 0.6 is 0 Å². The molecule has 0 spiro atoms. The summed E-state index contributed by atoms with van der Waals surface area (Å²) < 4.78 is 5.32. The summed E-state index contributed by atoms with van der Waals surface area (Å²) in [5.41, 5.74) is 1.42. The lowest BCUT2D eigenvalue weighted by atomic mass is 9.90. The molecule has 1 fully saturated rings. The van der Waals surface area contributed by atoms with Crippen LogP contribution < -0.4 is 5.32 Å². The lowest BCUT2D eigenvalue weighted by Crippen LogP contribution is -2.30. The molecule has 104 valence electrons. The lowest BCUT2D eigenvalue weighted by molar-refractivity contribution is 0.0847. The van der Waals surface area contributed by atoms with Crippen molar-refractivity contribution in [2.45, 2.75) is 38.6 Å². The van der Waals surface area contributed by atoms with Crippen LogP contribution in [-0.2, 0) is 4.74 Å². The quantitative estimate of drug-likeness (QED) is 0.880. The van der Waals surface area contributed by atoms with Gasteiger partial charge in [0, 0.05) is 24.8 Å². The summed E-state index contributed by atoms with van der Waals surface area (Å²) in [5, 5.41) is 12.9. The average molecular weight is 263 g/mol. The SMILES string of the molecule is CC(C)NC(=O)c1ccc(C2CCOCC2)c(O)c1. The van der Waals surface area contributed by atoms with Crippen molar-refractivity contribution in [2.24, 2.45) is 0 Å². The van der Waals surface area contributed by atoms with E-state index >= 15 is 0 Å². The Bertz CT molecular complexity index is 451. The number of carbonyl (C=O) groups is 1. The van der Waals surface area contributed by atoms with Crippen LogP contribution in [0, 0.1) is 0 Å². The molecule has 0 aromatic heterocycles. The zero-order valence-corrected chi connectivity index (χ0v) is 11.5. The molecule has 4 nitrogen and oxygen atoms in total. The largest absolute Gasteiger partial charge is 0.508 e. The molecule has 1 aromatic carbocycles. The van der Waals surface area contributed by atoms with Gasteiger partial charge in [-0.3, -0.25) is 4.79 Å². The fourth-order valence-electron chi connectivity index (χ4n) is 2.38. The number of hydrogen-bond acceptors (Lipinski definition) is 3. The summed E-state index contributed by atoms with van der Waals surface area (Å²) in [7, 11) is 0. The third-order valence-corrected chi connectivity index (χ3v) is 3.37. The van der Waals surface area contributed by atoms with E-state index in [0.29, 0.717) is 11.5 Å². The molecule has 0 unspecified atom stereocenters. The van der Waals surface area contributed by atoms with Crippen LogP contribution in [0.4, 0.5) is 0 Å². The van der Waals surface area contributed by atoms with E-state index in [9.17, 15) is 9.90 Å². The molecule has 0 saturated carbocycles. The third-order valence-electron chi connectivity index (χ3n) is 3.37. The minimum Gasteiger partial charge on any atom is -0.508 e. The molecule has 0 aliphatic carbocycles. The number of carbonyl (C=O) groups excluding carboxylic acids is 1. The van der Waals surface area contributed by atoms with Crippen LogP contribution in [0.25, 0.3) is 0 Å². The Balaban J connectivity index is 2.14. The van der Waals surface area contributed by atoms with Gasteiger partial charge in [-0.15, -0.1) is 0 Å². The molecule has 1 saturated heterocycles. The van der Waals surface area contributed by atoms with Gasteiger partial charge in [-0.25, -0.2) is 0 Å². The van der Waals surface area contributed by atoms with Gasteiger partial charge in [-0.05, 0) is 50.3 Å². The van der Waals surface area contributed by atoms with Gasteiger partial charge >= 0.3 is 0 Å². The molecule has 4 heteroatoms. The topological polar surface area (TPSA) is 58.6 Å². The first-order valence-corrected chi connectivity index (χ1v) is 6.79. The minimum atomic E-state index is -0.149. The van der Waals surface area contributed by atoms with Crippen molar-refractivity contribution in [1.29, 1.82) is 0 Å². The summed E-state index contributed by atoms with van der Waals surface area (Å²) in [6.07, 6.45) is 1.84. The van der Waals surface area contributed by atoms with E-state index in [1.54, 1.807) is 12.1 Å². The van der Waals surface area contributed by atoms with Crippen molar-refractivity contribution < 1.29 is 14.6 Å². The second-order valence-corrected chi connectivity index (χ2v) is 5.29. The average Bonchev–Trinajstić information content (AvgIpc) is 2.38. The number of phenols is 1. The van der Waals surface area contributed by atoms with Gasteiger partial charge in [0.25, 0.3) is 5.91 Å². The predicted octanol–water partition coefficient (Wildman–Crippen LogP) is 2.42. The fraction of sp³-hybridized carbons (Fsp3) is 0.533. The number of rotatable bonds is 3. The van der Waals surface area contributed by atoms with Crippen LogP contribution in [0.1, 0.15) is 48.5 Å². The standard InChI is InChI=1S/C15H21NO3/c1-10(2)16-15(18)12-3-4-13(14(17)9-12)11-5-7-19-8-6-11/h3-4,9-11,17H,5-8H2,1-2H3,(H,16,18). The van der Waals surface area contributed by atoms with E-state index in [-0.39, 0.29) is 17.7 Å². The Morgan fingerprint density at radius 1 is 1.37 bits per heavy atom. The van der Waals surface area contributed by atoms with Gasteiger partial charge in [0.05, 0.1) is 0 Å². The summed E-state index contributed by atoms with van der Waals surface area (Å²) in [6.45, 7) is 5.29. The number of benzene rings is 1. The Labute approximate surface area is 113 Å². The van der Waals surface area contributed by atoms with E-state index in [1.165, 1.54) is 0 Å². The Morgan fingerprint density at radius 3 is 2.63 bits per heavy atom. The number of amides is 1. The Morgan fingerprint density at radius 2 is 2.05 bits per heavy atom. The number of ether oxygens (including phenoxy) is 1. The molecule has 2 rings (SSSR count). The van der Waals surface area contributed by atoms with Crippen molar-refractivity contribution in [3.8, 4) is 5.75 Å². The highest BCUT2D eigenvalue weighted by Gasteiger charge is 2.20. The molecule has 0 atom stereocenters. The van der Waals surface area contributed by atoms with Crippen LogP contribution in [-0.4, -0.2) is 30.3 Å². The first-order valence-electron chi connectivity index (χ1n) is 6.79. The monoisotopic (exact) mass is 263 g/mol. The van der Waals surface area contributed by atoms with E-state index < -0.39 is 0 Å². The van der Waals surface area contributed by atoms with Gasteiger partial charge in [0.15, 0.2) is 0 Å². The van der Waals surface area contributed by atoms with Gasteiger partial charge in [0.1, 0.15) is 5.75 Å². The summed E-state index contributed by atoms with van der Waals surface area (Å²) >= 11 is 0. The predicted molar refractivity (Wildman–Crippen MR) is 73.5 cm³/mol. The highest BCUT2D eigenvalue weighted by molar-refractivity contribution is 5.94. The van der Waals surface area contributed by atoms with E-state index in [0.717, 1.165) is 31.6 Å². The van der Waals surface area contributed by atoms with Crippen molar-refractivity contribution in [1.82, 2.24) is 5.32 Å². The molecular formula is C15H21NO3. The fourth-order valence-corrected chi connectivity index (χ4v) is 2.38. The maximum Gasteiger partial charge on any atom is 0.251 e.